The molecule has 0 N–H and O–H groups in total. The molecule has 1 aliphatic rings. The Morgan fingerprint density at radius 1 is 1.69 bits per heavy atom. The third kappa shape index (κ3) is 2.22. The number of hydrogen-bond donors (Lipinski definition) is 0. The molecule has 0 aliphatic carbocycles. The third-order valence-electron chi connectivity index (χ3n) is 2.35. The maximum atomic E-state index is 8.78. The molecule has 0 spiro atoms. The minimum absolute atomic E-state index is 0.238. The van der Waals surface area contributed by atoms with Crippen LogP contribution in [-0.4, -0.2) is 12.9 Å². The standard InChI is InChI=1S/C10H15NO2/c1-4-12-10-5-7(2)8(3)9(6-11)13-10/h7,10H,4-5H2,1-3H3/t7-,10-/m0/s1. The zero-order valence-electron chi connectivity index (χ0n) is 8.33. The van der Waals surface area contributed by atoms with Crippen molar-refractivity contribution in [2.45, 2.75) is 33.5 Å². The zero-order valence-corrected chi connectivity index (χ0v) is 8.33. The van der Waals surface area contributed by atoms with Gasteiger partial charge in [-0.25, -0.2) is 0 Å². The van der Waals surface area contributed by atoms with E-state index in [0.29, 0.717) is 18.3 Å². The van der Waals surface area contributed by atoms with Gasteiger partial charge in [0.1, 0.15) is 6.07 Å². The van der Waals surface area contributed by atoms with E-state index < -0.39 is 0 Å². The second-order valence-corrected chi connectivity index (χ2v) is 3.26. The number of ether oxygens (including phenoxy) is 2. The van der Waals surface area contributed by atoms with Crippen LogP contribution in [0.15, 0.2) is 11.3 Å². The quantitative estimate of drug-likeness (QED) is 0.655. The molecule has 2 atom stereocenters. The number of nitriles is 1. The smallest absolute Gasteiger partial charge is 0.201 e. The average Bonchev–Trinajstić information content (AvgIpc) is 2.11. The van der Waals surface area contributed by atoms with Crippen molar-refractivity contribution in [3.05, 3.63) is 11.3 Å². The Hall–Kier alpha value is -1.01. The first-order chi connectivity index (χ1) is 6.19. The maximum absolute atomic E-state index is 8.78. The van der Waals surface area contributed by atoms with E-state index in [-0.39, 0.29) is 6.29 Å². The lowest BCUT2D eigenvalue weighted by Gasteiger charge is -2.28. The summed E-state index contributed by atoms with van der Waals surface area (Å²) in [7, 11) is 0. The van der Waals surface area contributed by atoms with Crippen molar-refractivity contribution in [2.24, 2.45) is 5.92 Å². The summed E-state index contributed by atoms with van der Waals surface area (Å²) in [6.07, 6.45) is 0.601. The van der Waals surface area contributed by atoms with Crippen LogP contribution in [0.5, 0.6) is 0 Å². The van der Waals surface area contributed by atoms with Crippen LogP contribution in [-0.2, 0) is 9.47 Å². The van der Waals surface area contributed by atoms with Gasteiger partial charge in [-0.15, -0.1) is 0 Å². The Kier molecular flexibility index (Phi) is 3.32. The predicted molar refractivity (Wildman–Crippen MR) is 48.6 cm³/mol. The number of nitrogens with zero attached hydrogens (tertiary/aromatic N) is 1. The van der Waals surface area contributed by atoms with Gasteiger partial charge in [-0.1, -0.05) is 6.92 Å². The van der Waals surface area contributed by atoms with Gasteiger partial charge < -0.3 is 9.47 Å². The summed E-state index contributed by atoms with van der Waals surface area (Å²) in [5.41, 5.74) is 1.03. The molecule has 1 aliphatic heterocycles. The molecule has 0 amide bonds. The van der Waals surface area contributed by atoms with Crippen molar-refractivity contribution in [1.29, 1.82) is 5.26 Å². The molecule has 3 nitrogen and oxygen atoms in total. The lowest BCUT2D eigenvalue weighted by Crippen LogP contribution is -2.25. The van der Waals surface area contributed by atoms with Crippen LogP contribution in [0.1, 0.15) is 27.2 Å². The lowest BCUT2D eigenvalue weighted by molar-refractivity contribution is -0.126. The third-order valence-corrected chi connectivity index (χ3v) is 2.35. The highest BCUT2D eigenvalue weighted by Gasteiger charge is 2.25. The van der Waals surface area contributed by atoms with Crippen LogP contribution in [0.3, 0.4) is 0 Å². The van der Waals surface area contributed by atoms with Gasteiger partial charge in [-0.2, -0.15) is 5.26 Å². The minimum atomic E-state index is -0.238. The van der Waals surface area contributed by atoms with E-state index in [9.17, 15) is 0 Å². The largest absolute Gasteiger partial charge is 0.455 e. The molecule has 0 aromatic heterocycles. The second-order valence-electron chi connectivity index (χ2n) is 3.26. The Labute approximate surface area is 78.9 Å². The highest BCUT2D eigenvalue weighted by Crippen LogP contribution is 2.28. The molecule has 0 bridgehead atoms. The first-order valence-corrected chi connectivity index (χ1v) is 4.58. The lowest BCUT2D eigenvalue weighted by atomic mass is 9.96. The molecule has 0 saturated heterocycles. The average molecular weight is 181 g/mol. The summed E-state index contributed by atoms with van der Waals surface area (Å²) in [6.45, 7) is 6.56. The summed E-state index contributed by atoms with van der Waals surface area (Å²) in [5.74, 6) is 0.803. The van der Waals surface area contributed by atoms with Crippen molar-refractivity contribution in [1.82, 2.24) is 0 Å². The van der Waals surface area contributed by atoms with E-state index in [4.69, 9.17) is 14.7 Å². The molecule has 0 aromatic rings. The molecule has 1 rings (SSSR count). The van der Waals surface area contributed by atoms with Crippen LogP contribution in [0, 0.1) is 17.2 Å². The van der Waals surface area contributed by atoms with Crippen LogP contribution in [0.25, 0.3) is 0 Å². The van der Waals surface area contributed by atoms with Crippen LogP contribution in [0.2, 0.25) is 0 Å². The molecular formula is C10H15NO2. The fraction of sp³-hybridized carbons (Fsp3) is 0.700. The van der Waals surface area contributed by atoms with Gasteiger partial charge in [-0.3, -0.25) is 0 Å². The second kappa shape index (κ2) is 4.29. The Morgan fingerprint density at radius 2 is 2.38 bits per heavy atom. The van der Waals surface area contributed by atoms with E-state index in [1.807, 2.05) is 19.9 Å². The highest BCUT2D eigenvalue weighted by atomic mass is 16.7. The molecule has 72 valence electrons. The summed E-state index contributed by atoms with van der Waals surface area (Å²) >= 11 is 0. The molecule has 13 heavy (non-hydrogen) atoms. The highest BCUT2D eigenvalue weighted by molar-refractivity contribution is 5.24. The Bertz CT molecular complexity index is 252. The van der Waals surface area contributed by atoms with E-state index in [2.05, 4.69) is 6.92 Å². The van der Waals surface area contributed by atoms with E-state index in [1.165, 1.54) is 0 Å². The van der Waals surface area contributed by atoms with Crippen molar-refractivity contribution in [3.63, 3.8) is 0 Å². The molecule has 3 heteroatoms. The van der Waals surface area contributed by atoms with E-state index in [1.54, 1.807) is 0 Å². The summed E-state index contributed by atoms with van der Waals surface area (Å²) < 4.78 is 10.7. The van der Waals surface area contributed by atoms with Crippen LogP contribution >= 0.6 is 0 Å². The van der Waals surface area contributed by atoms with Gasteiger partial charge in [-0.05, 0) is 25.3 Å². The van der Waals surface area contributed by atoms with E-state index in [0.717, 1.165) is 12.0 Å². The van der Waals surface area contributed by atoms with Gasteiger partial charge in [0.2, 0.25) is 6.29 Å². The number of hydrogen-bond acceptors (Lipinski definition) is 3. The van der Waals surface area contributed by atoms with Gasteiger partial charge in [0, 0.05) is 13.0 Å². The minimum Gasteiger partial charge on any atom is -0.455 e. The molecule has 0 radical (unpaired) electrons. The molecular weight excluding hydrogens is 166 g/mol. The maximum Gasteiger partial charge on any atom is 0.201 e. The fourth-order valence-electron chi connectivity index (χ4n) is 1.36. The topological polar surface area (TPSA) is 42.2 Å². The summed E-state index contributed by atoms with van der Waals surface area (Å²) in [4.78, 5) is 0. The first-order valence-electron chi connectivity index (χ1n) is 4.58. The van der Waals surface area contributed by atoms with Crippen molar-refractivity contribution < 1.29 is 9.47 Å². The molecule has 0 fully saturated rings. The van der Waals surface area contributed by atoms with Gasteiger partial charge in [0.15, 0.2) is 5.76 Å². The Morgan fingerprint density at radius 3 is 2.92 bits per heavy atom. The summed E-state index contributed by atoms with van der Waals surface area (Å²) in [6, 6.07) is 2.05. The number of rotatable bonds is 2. The normalized spacial score (nSPS) is 28.2. The van der Waals surface area contributed by atoms with Crippen LogP contribution in [0.4, 0.5) is 0 Å². The van der Waals surface area contributed by atoms with Gasteiger partial charge in [0.25, 0.3) is 0 Å². The molecule has 0 unspecified atom stereocenters. The van der Waals surface area contributed by atoms with Crippen LogP contribution < -0.4 is 0 Å². The molecule has 0 saturated carbocycles. The number of allylic oxidation sites excluding steroid dienone is 2. The van der Waals surface area contributed by atoms with Gasteiger partial charge >= 0.3 is 0 Å². The molecule has 0 aromatic carbocycles. The molecule has 1 heterocycles. The van der Waals surface area contributed by atoms with E-state index >= 15 is 0 Å². The van der Waals surface area contributed by atoms with Crippen molar-refractivity contribution in [2.75, 3.05) is 6.61 Å². The Balaban J connectivity index is 2.72. The zero-order chi connectivity index (χ0) is 9.84. The first kappa shape index (κ1) is 10.1. The monoisotopic (exact) mass is 181 g/mol. The SMILES string of the molecule is CCO[C@@H]1C[C@H](C)C(C)=C(C#N)O1. The van der Waals surface area contributed by atoms with Crippen molar-refractivity contribution in [3.8, 4) is 6.07 Å². The summed E-state index contributed by atoms with van der Waals surface area (Å²) in [5, 5.41) is 8.78. The predicted octanol–water partition coefficient (Wildman–Crippen LogP) is 2.20. The van der Waals surface area contributed by atoms with Crippen molar-refractivity contribution >= 4 is 0 Å². The fourth-order valence-corrected chi connectivity index (χ4v) is 1.36. The van der Waals surface area contributed by atoms with Gasteiger partial charge in [0.05, 0.1) is 0 Å².